The van der Waals surface area contributed by atoms with Crippen molar-refractivity contribution in [1.29, 1.82) is 0 Å². The number of benzene rings is 1. The normalized spacial score (nSPS) is 10.2. The van der Waals surface area contributed by atoms with Crippen LogP contribution in [0.15, 0.2) is 4.47 Å². The Kier molecular flexibility index (Phi) is 3.51. The van der Waals surface area contributed by atoms with Gasteiger partial charge in [0.15, 0.2) is 11.6 Å². The minimum Gasteiger partial charge on any atom is -0.396 e. The fraction of sp³-hybridized carbons (Fsp3) is 0.125. The van der Waals surface area contributed by atoms with Crippen molar-refractivity contribution in [2.45, 2.75) is 0 Å². The van der Waals surface area contributed by atoms with E-state index < -0.39 is 33.8 Å². The number of nitrogens with one attached hydrogen (secondary N) is 1. The molecular formula is C8H6BrClF2N2O. The summed E-state index contributed by atoms with van der Waals surface area (Å²) in [5.74, 6) is -2.85. The number of anilines is 1. The van der Waals surface area contributed by atoms with Crippen molar-refractivity contribution in [2.75, 3.05) is 12.8 Å². The average Bonchev–Trinajstić information content (AvgIpc) is 2.23. The van der Waals surface area contributed by atoms with Gasteiger partial charge in [-0.25, -0.2) is 8.78 Å². The molecule has 0 unspecified atom stereocenters. The van der Waals surface area contributed by atoms with Crippen LogP contribution < -0.4 is 11.1 Å². The molecule has 1 aromatic carbocycles. The third-order valence-electron chi connectivity index (χ3n) is 1.76. The van der Waals surface area contributed by atoms with Crippen LogP contribution in [0.2, 0.25) is 5.02 Å². The van der Waals surface area contributed by atoms with E-state index in [9.17, 15) is 13.6 Å². The predicted octanol–water partition coefficient (Wildman–Crippen LogP) is 2.32. The average molecular weight is 300 g/mol. The Morgan fingerprint density at radius 3 is 2.47 bits per heavy atom. The highest BCUT2D eigenvalue weighted by Crippen LogP contribution is 2.35. The van der Waals surface area contributed by atoms with Gasteiger partial charge in [0.05, 0.1) is 15.2 Å². The lowest BCUT2D eigenvalue weighted by Crippen LogP contribution is -2.22. The predicted molar refractivity (Wildman–Crippen MR) is 56.9 cm³/mol. The molecule has 0 fully saturated rings. The van der Waals surface area contributed by atoms with Gasteiger partial charge >= 0.3 is 0 Å². The van der Waals surface area contributed by atoms with Crippen LogP contribution in [0.25, 0.3) is 0 Å². The zero-order chi connectivity index (χ0) is 11.7. The highest BCUT2D eigenvalue weighted by Gasteiger charge is 2.24. The van der Waals surface area contributed by atoms with Gasteiger partial charge in [-0.05, 0) is 15.9 Å². The first-order valence-corrected chi connectivity index (χ1v) is 4.92. The minimum absolute atomic E-state index is 0.299. The van der Waals surface area contributed by atoms with Crippen LogP contribution in [0.4, 0.5) is 14.5 Å². The van der Waals surface area contributed by atoms with Crippen LogP contribution in [0, 0.1) is 11.6 Å². The third kappa shape index (κ3) is 1.91. The van der Waals surface area contributed by atoms with Gasteiger partial charge in [-0.1, -0.05) is 11.6 Å². The summed E-state index contributed by atoms with van der Waals surface area (Å²) >= 11 is 8.19. The second-order valence-corrected chi connectivity index (χ2v) is 3.79. The first-order valence-electron chi connectivity index (χ1n) is 3.75. The summed E-state index contributed by atoms with van der Waals surface area (Å²) in [6.07, 6.45) is 0. The molecule has 0 spiro atoms. The molecule has 0 aliphatic heterocycles. The first-order chi connectivity index (χ1) is 6.91. The van der Waals surface area contributed by atoms with Gasteiger partial charge < -0.3 is 11.1 Å². The first kappa shape index (κ1) is 12.2. The van der Waals surface area contributed by atoms with Crippen molar-refractivity contribution in [3.05, 3.63) is 26.7 Å². The Morgan fingerprint density at radius 1 is 1.47 bits per heavy atom. The van der Waals surface area contributed by atoms with Gasteiger partial charge in [0.1, 0.15) is 5.56 Å². The molecule has 0 atom stereocenters. The summed E-state index contributed by atoms with van der Waals surface area (Å²) in [4.78, 5) is 11.2. The van der Waals surface area contributed by atoms with Crippen LogP contribution in [0.5, 0.6) is 0 Å². The molecule has 0 saturated heterocycles. The number of nitrogen functional groups attached to an aromatic ring is 1. The van der Waals surface area contributed by atoms with E-state index in [0.717, 1.165) is 0 Å². The molecule has 1 aromatic rings. The highest BCUT2D eigenvalue weighted by molar-refractivity contribution is 9.10. The van der Waals surface area contributed by atoms with Crippen molar-refractivity contribution < 1.29 is 13.6 Å². The van der Waals surface area contributed by atoms with Crippen LogP contribution in [0.1, 0.15) is 10.4 Å². The quantitative estimate of drug-likeness (QED) is 0.475. The number of hydrogen-bond donors (Lipinski definition) is 2. The Balaban J connectivity index is 3.60. The Morgan fingerprint density at radius 2 is 2.00 bits per heavy atom. The number of carbonyl (C=O) groups excluding carboxylic acids is 1. The van der Waals surface area contributed by atoms with Crippen molar-refractivity contribution in [3.63, 3.8) is 0 Å². The summed E-state index contributed by atoms with van der Waals surface area (Å²) in [5.41, 5.74) is 4.09. The molecule has 1 amide bonds. The SMILES string of the molecule is CNC(=O)c1c(N)c(F)c(Br)c(Cl)c1F. The smallest absolute Gasteiger partial charge is 0.256 e. The van der Waals surface area contributed by atoms with E-state index in [1.807, 2.05) is 0 Å². The molecular weight excluding hydrogens is 293 g/mol. The monoisotopic (exact) mass is 298 g/mol. The van der Waals surface area contributed by atoms with Gasteiger partial charge in [-0.15, -0.1) is 0 Å². The second-order valence-electron chi connectivity index (χ2n) is 2.62. The minimum atomic E-state index is -1.05. The van der Waals surface area contributed by atoms with Crippen LogP contribution in [-0.4, -0.2) is 13.0 Å². The highest BCUT2D eigenvalue weighted by atomic mass is 79.9. The molecule has 0 aliphatic carbocycles. The molecule has 0 saturated carbocycles. The number of nitrogens with two attached hydrogens (primary N) is 1. The molecule has 7 heteroatoms. The maximum atomic E-state index is 13.5. The van der Waals surface area contributed by atoms with Crippen molar-refractivity contribution in [2.24, 2.45) is 0 Å². The van der Waals surface area contributed by atoms with Crippen molar-refractivity contribution in [3.8, 4) is 0 Å². The lowest BCUT2D eigenvalue weighted by Gasteiger charge is -2.10. The van der Waals surface area contributed by atoms with E-state index in [4.69, 9.17) is 17.3 Å². The van der Waals surface area contributed by atoms with Crippen LogP contribution >= 0.6 is 27.5 Å². The molecule has 3 N–H and O–H groups in total. The van der Waals surface area contributed by atoms with Crippen molar-refractivity contribution in [1.82, 2.24) is 5.32 Å². The zero-order valence-corrected chi connectivity index (χ0v) is 9.84. The van der Waals surface area contributed by atoms with E-state index in [1.165, 1.54) is 7.05 Å². The molecule has 0 aromatic heterocycles. The molecule has 0 bridgehead atoms. The van der Waals surface area contributed by atoms with Gasteiger partial charge in [-0.3, -0.25) is 4.79 Å². The number of amides is 1. The summed E-state index contributed by atoms with van der Waals surface area (Å²) < 4.78 is 26.5. The van der Waals surface area contributed by atoms with Gasteiger partial charge in [0.2, 0.25) is 0 Å². The Labute approximate surface area is 97.7 Å². The van der Waals surface area contributed by atoms with Crippen LogP contribution in [0.3, 0.4) is 0 Å². The standard InChI is InChI=1S/C8H6BrClF2N2O/c1-14-8(15)2-5(11)4(10)3(9)6(12)7(2)13/h13H2,1H3,(H,14,15). The fourth-order valence-corrected chi connectivity index (χ4v) is 1.56. The number of carbonyl (C=O) groups is 1. The molecule has 82 valence electrons. The molecule has 0 radical (unpaired) electrons. The maximum Gasteiger partial charge on any atom is 0.256 e. The third-order valence-corrected chi connectivity index (χ3v) is 3.09. The number of rotatable bonds is 1. The van der Waals surface area contributed by atoms with Gasteiger partial charge in [0.25, 0.3) is 5.91 Å². The van der Waals surface area contributed by atoms with E-state index in [-0.39, 0.29) is 4.47 Å². The topological polar surface area (TPSA) is 55.1 Å². The van der Waals surface area contributed by atoms with Gasteiger partial charge in [0, 0.05) is 7.05 Å². The van der Waals surface area contributed by atoms with Gasteiger partial charge in [-0.2, -0.15) is 0 Å². The van der Waals surface area contributed by atoms with Crippen molar-refractivity contribution >= 4 is 39.1 Å². The summed E-state index contributed by atoms with van der Waals surface area (Å²) in [6.45, 7) is 0. The second kappa shape index (κ2) is 4.32. The summed E-state index contributed by atoms with van der Waals surface area (Å²) in [6, 6.07) is 0. The van der Waals surface area contributed by atoms with E-state index >= 15 is 0 Å². The zero-order valence-electron chi connectivity index (χ0n) is 7.50. The molecule has 0 aliphatic rings. The van der Waals surface area contributed by atoms with E-state index in [0.29, 0.717) is 0 Å². The molecule has 0 heterocycles. The number of halogens is 4. The Hall–Kier alpha value is -0.880. The van der Waals surface area contributed by atoms with E-state index in [2.05, 4.69) is 21.2 Å². The summed E-state index contributed by atoms with van der Waals surface area (Å²) in [7, 11) is 1.27. The number of hydrogen-bond acceptors (Lipinski definition) is 2. The lowest BCUT2D eigenvalue weighted by molar-refractivity contribution is 0.0959. The van der Waals surface area contributed by atoms with E-state index in [1.54, 1.807) is 0 Å². The molecule has 1 rings (SSSR count). The Bertz CT molecular complexity index is 410. The summed E-state index contributed by atoms with van der Waals surface area (Å²) in [5, 5.41) is 1.62. The largest absolute Gasteiger partial charge is 0.396 e. The maximum absolute atomic E-state index is 13.5. The molecule has 15 heavy (non-hydrogen) atoms. The molecule has 3 nitrogen and oxygen atoms in total. The lowest BCUT2D eigenvalue weighted by atomic mass is 10.1. The fourth-order valence-electron chi connectivity index (χ4n) is 0.996. The van der Waals surface area contributed by atoms with Crippen LogP contribution in [-0.2, 0) is 0 Å².